The van der Waals surface area contributed by atoms with Crippen LogP contribution in [-0.4, -0.2) is 19.9 Å². The minimum absolute atomic E-state index is 0.130. The van der Waals surface area contributed by atoms with E-state index < -0.39 is 0 Å². The Hall–Kier alpha value is -4.39. The average Bonchev–Trinajstić information content (AvgIpc) is 3.26. The molecule has 1 amide bonds. The van der Waals surface area contributed by atoms with Crippen molar-refractivity contribution in [3.8, 4) is 5.75 Å². The second-order valence-electron chi connectivity index (χ2n) is 8.51. The van der Waals surface area contributed by atoms with Crippen molar-refractivity contribution in [1.82, 2.24) is 14.0 Å². The van der Waals surface area contributed by atoms with E-state index in [1.54, 1.807) is 11.6 Å². The first-order chi connectivity index (χ1) is 16.6. The summed E-state index contributed by atoms with van der Waals surface area (Å²) in [5.74, 6) is 1.23. The number of para-hydroxylation sites is 2. The molecule has 1 N–H and O–H groups in total. The van der Waals surface area contributed by atoms with Crippen molar-refractivity contribution >= 4 is 28.5 Å². The van der Waals surface area contributed by atoms with Gasteiger partial charge in [-0.05, 0) is 35.4 Å². The van der Waals surface area contributed by atoms with Gasteiger partial charge in [-0.3, -0.25) is 18.6 Å². The van der Waals surface area contributed by atoms with E-state index in [-0.39, 0.29) is 23.8 Å². The van der Waals surface area contributed by atoms with Crippen LogP contribution in [-0.2, 0) is 18.4 Å². The van der Waals surface area contributed by atoms with Crippen LogP contribution < -0.4 is 15.6 Å². The number of rotatable bonds is 4. The fourth-order valence-corrected chi connectivity index (χ4v) is 4.68. The monoisotopic (exact) mass is 450 g/mol. The van der Waals surface area contributed by atoms with Gasteiger partial charge < -0.3 is 10.1 Å². The molecule has 34 heavy (non-hydrogen) atoms. The van der Waals surface area contributed by atoms with Gasteiger partial charge in [0.25, 0.3) is 5.56 Å². The SMILES string of the molecule is Cn1c(=O)c2c(n3c4ccccc4nc13)NC(=O)C[C@H]2c1ccc(OCc2ccccc2)cc1. The number of ether oxygens (including phenoxy) is 1. The molecule has 0 spiro atoms. The number of nitrogens with one attached hydrogen (secondary N) is 1. The highest BCUT2D eigenvalue weighted by Crippen LogP contribution is 2.37. The minimum Gasteiger partial charge on any atom is -0.489 e. The molecule has 7 nitrogen and oxygen atoms in total. The lowest BCUT2D eigenvalue weighted by Crippen LogP contribution is -2.35. The Kier molecular flexibility index (Phi) is 4.69. The number of imidazole rings is 1. The first-order valence-electron chi connectivity index (χ1n) is 11.2. The van der Waals surface area contributed by atoms with Crippen LogP contribution in [0.5, 0.6) is 5.75 Å². The molecule has 2 aromatic heterocycles. The number of aromatic nitrogens is 3. The smallest absolute Gasteiger partial charge is 0.260 e. The lowest BCUT2D eigenvalue weighted by Gasteiger charge is -2.27. The lowest BCUT2D eigenvalue weighted by molar-refractivity contribution is -0.116. The zero-order valence-corrected chi connectivity index (χ0v) is 18.6. The molecule has 0 aliphatic carbocycles. The van der Waals surface area contributed by atoms with E-state index in [1.807, 2.05) is 83.3 Å². The summed E-state index contributed by atoms with van der Waals surface area (Å²) in [6.45, 7) is 0.473. The first-order valence-corrected chi connectivity index (χ1v) is 11.2. The van der Waals surface area contributed by atoms with Gasteiger partial charge in [0.1, 0.15) is 18.2 Å². The zero-order valence-electron chi connectivity index (χ0n) is 18.6. The molecular formula is C27H22N4O3. The summed E-state index contributed by atoms with van der Waals surface area (Å²) >= 11 is 0. The number of anilines is 1. The second kappa shape index (κ2) is 7.88. The molecular weight excluding hydrogens is 428 g/mol. The van der Waals surface area contributed by atoms with Crippen molar-refractivity contribution < 1.29 is 9.53 Å². The van der Waals surface area contributed by atoms with E-state index in [0.717, 1.165) is 27.9 Å². The van der Waals surface area contributed by atoms with Gasteiger partial charge in [0, 0.05) is 19.4 Å². The Labute approximate surface area is 195 Å². The standard InChI is InChI=1S/C27H22N4O3/c1-30-26(33)24-20(18-11-13-19(14-12-18)34-16-17-7-3-2-4-8-17)15-23(32)29-25(24)31-22-10-6-5-9-21(22)28-27(30)31/h2-14,20H,15-16H2,1H3,(H,29,32)/t20-/m0/s1. The fraction of sp³-hybridized carbons (Fsp3) is 0.148. The van der Waals surface area contributed by atoms with Crippen LogP contribution in [0.4, 0.5) is 5.82 Å². The number of carbonyl (C=O) groups excluding carboxylic acids is 1. The highest BCUT2D eigenvalue weighted by atomic mass is 16.5. The predicted octanol–water partition coefficient (Wildman–Crippen LogP) is 4.24. The van der Waals surface area contributed by atoms with Gasteiger partial charge in [0.05, 0.1) is 16.6 Å². The number of benzene rings is 3. The molecule has 5 aromatic rings. The number of carbonyl (C=O) groups is 1. The van der Waals surface area contributed by atoms with Crippen LogP contribution >= 0.6 is 0 Å². The quantitative estimate of drug-likeness (QED) is 0.444. The maximum absolute atomic E-state index is 13.5. The Morgan fingerprint density at radius 1 is 0.971 bits per heavy atom. The summed E-state index contributed by atoms with van der Waals surface area (Å²) in [6.07, 6.45) is 0.199. The van der Waals surface area contributed by atoms with Gasteiger partial charge in [-0.15, -0.1) is 0 Å². The molecule has 0 fully saturated rings. The molecule has 3 heterocycles. The van der Waals surface area contributed by atoms with Crippen LogP contribution in [0, 0.1) is 0 Å². The van der Waals surface area contributed by atoms with Gasteiger partial charge in [0.15, 0.2) is 0 Å². The lowest BCUT2D eigenvalue weighted by atomic mass is 9.86. The van der Waals surface area contributed by atoms with Crippen molar-refractivity contribution in [2.75, 3.05) is 5.32 Å². The number of aryl methyl sites for hydroxylation is 1. The highest BCUT2D eigenvalue weighted by Gasteiger charge is 2.33. The van der Waals surface area contributed by atoms with E-state index in [4.69, 9.17) is 4.74 Å². The predicted molar refractivity (Wildman–Crippen MR) is 130 cm³/mol. The Morgan fingerprint density at radius 3 is 2.50 bits per heavy atom. The molecule has 0 unspecified atom stereocenters. The fourth-order valence-electron chi connectivity index (χ4n) is 4.68. The number of nitrogens with zero attached hydrogens (tertiary/aromatic N) is 3. The molecule has 6 rings (SSSR count). The Bertz CT molecular complexity index is 1600. The number of hydrogen-bond acceptors (Lipinski definition) is 4. The van der Waals surface area contributed by atoms with Crippen LogP contribution in [0.1, 0.15) is 29.0 Å². The summed E-state index contributed by atoms with van der Waals surface area (Å²) in [4.78, 5) is 30.8. The molecule has 0 bridgehead atoms. The summed E-state index contributed by atoms with van der Waals surface area (Å²) in [7, 11) is 1.72. The van der Waals surface area contributed by atoms with Crippen LogP contribution in [0.15, 0.2) is 83.7 Å². The largest absolute Gasteiger partial charge is 0.489 e. The molecule has 0 saturated carbocycles. The van der Waals surface area contributed by atoms with Gasteiger partial charge in [-0.2, -0.15) is 0 Å². The van der Waals surface area contributed by atoms with Crippen LogP contribution in [0.2, 0.25) is 0 Å². The van der Waals surface area contributed by atoms with E-state index in [2.05, 4.69) is 10.3 Å². The molecule has 3 aromatic carbocycles. The van der Waals surface area contributed by atoms with Crippen molar-refractivity contribution in [3.63, 3.8) is 0 Å². The minimum atomic E-state index is -0.365. The van der Waals surface area contributed by atoms with E-state index >= 15 is 0 Å². The van der Waals surface area contributed by atoms with E-state index in [1.165, 1.54) is 0 Å². The highest BCUT2D eigenvalue weighted by molar-refractivity contribution is 5.96. The summed E-state index contributed by atoms with van der Waals surface area (Å²) < 4.78 is 9.33. The van der Waals surface area contributed by atoms with E-state index in [0.29, 0.717) is 23.8 Å². The number of amides is 1. The first kappa shape index (κ1) is 20.2. The summed E-state index contributed by atoms with van der Waals surface area (Å²) in [5.41, 5.74) is 3.99. The molecule has 1 atom stereocenters. The molecule has 7 heteroatoms. The molecule has 0 radical (unpaired) electrons. The third kappa shape index (κ3) is 3.25. The second-order valence-corrected chi connectivity index (χ2v) is 8.51. The van der Waals surface area contributed by atoms with Crippen molar-refractivity contribution in [3.05, 3.63) is 106 Å². The Morgan fingerprint density at radius 2 is 1.71 bits per heavy atom. The molecule has 168 valence electrons. The van der Waals surface area contributed by atoms with Crippen molar-refractivity contribution in [2.45, 2.75) is 18.9 Å². The zero-order chi connectivity index (χ0) is 23.2. The van der Waals surface area contributed by atoms with Crippen LogP contribution in [0.25, 0.3) is 16.8 Å². The maximum atomic E-state index is 13.5. The van der Waals surface area contributed by atoms with Crippen LogP contribution in [0.3, 0.4) is 0 Å². The average molecular weight is 450 g/mol. The Balaban J connectivity index is 1.42. The molecule has 1 aliphatic heterocycles. The summed E-state index contributed by atoms with van der Waals surface area (Å²) in [5, 5.41) is 2.94. The van der Waals surface area contributed by atoms with Gasteiger partial charge in [-0.25, -0.2) is 4.98 Å². The van der Waals surface area contributed by atoms with Crippen molar-refractivity contribution in [1.29, 1.82) is 0 Å². The van der Waals surface area contributed by atoms with Gasteiger partial charge >= 0.3 is 0 Å². The maximum Gasteiger partial charge on any atom is 0.260 e. The topological polar surface area (TPSA) is 77.6 Å². The molecule has 1 aliphatic rings. The third-order valence-corrected chi connectivity index (χ3v) is 6.38. The number of hydrogen-bond donors (Lipinski definition) is 1. The van der Waals surface area contributed by atoms with Gasteiger partial charge in [-0.1, -0.05) is 54.6 Å². The third-order valence-electron chi connectivity index (χ3n) is 6.38. The number of fused-ring (bicyclic) bond motifs is 5. The van der Waals surface area contributed by atoms with Gasteiger partial charge in [0.2, 0.25) is 11.7 Å². The molecule has 0 saturated heterocycles. The van der Waals surface area contributed by atoms with Crippen molar-refractivity contribution in [2.24, 2.45) is 7.05 Å². The van der Waals surface area contributed by atoms with E-state index in [9.17, 15) is 9.59 Å². The normalized spacial score (nSPS) is 15.3. The summed E-state index contributed by atoms with van der Waals surface area (Å²) in [6, 6.07) is 25.3.